The monoisotopic (exact) mass is 278 g/mol. The topological polar surface area (TPSA) is 36.7 Å². The third-order valence-corrected chi connectivity index (χ3v) is 3.48. The average molecular weight is 279 g/mol. The Bertz CT molecular complexity index is 526. The highest BCUT2D eigenvalue weighted by Crippen LogP contribution is 2.31. The Morgan fingerprint density at radius 1 is 1.53 bits per heavy atom. The lowest BCUT2D eigenvalue weighted by Gasteiger charge is -2.04. The third-order valence-electron chi connectivity index (χ3n) is 2.00. The van der Waals surface area contributed by atoms with Crippen molar-refractivity contribution >= 4 is 27.3 Å². The van der Waals surface area contributed by atoms with Gasteiger partial charge >= 0.3 is 0 Å². The maximum Gasteiger partial charge on any atom is 0.124 e. The Morgan fingerprint density at radius 3 is 2.93 bits per heavy atom. The van der Waals surface area contributed by atoms with Crippen LogP contribution in [0.5, 0.6) is 0 Å². The van der Waals surface area contributed by atoms with Gasteiger partial charge < -0.3 is 0 Å². The third kappa shape index (κ3) is 1.94. The molecule has 4 heteroatoms. The van der Waals surface area contributed by atoms with Crippen molar-refractivity contribution in [3.8, 4) is 16.5 Å². The van der Waals surface area contributed by atoms with Gasteiger partial charge in [-0.05, 0) is 40.4 Å². The fourth-order valence-corrected chi connectivity index (χ4v) is 2.70. The molecular formula is C11H7BrN2S. The van der Waals surface area contributed by atoms with Gasteiger partial charge in [0.25, 0.3) is 0 Å². The summed E-state index contributed by atoms with van der Waals surface area (Å²) in [6, 6.07) is 8.10. The second kappa shape index (κ2) is 4.13. The SMILES string of the molecule is Cc1cc(-c2cccs2)c(C#N)c(Br)n1. The van der Waals surface area contributed by atoms with E-state index < -0.39 is 0 Å². The van der Waals surface area contributed by atoms with E-state index in [0.717, 1.165) is 16.1 Å². The molecule has 74 valence electrons. The summed E-state index contributed by atoms with van der Waals surface area (Å²) in [4.78, 5) is 5.31. The zero-order valence-electron chi connectivity index (χ0n) is 7.99. The van der Waals surface area contributed by atoms with Gasteiger partial charge in [0, 0.05) is 16.1 Å². The molecule has 2 aromatic rings. The number of nitriles is 1. The molecule has 0 radical (unpaired) electrons. The lowest BCUT2D eigenvalue weighted by atomic mass is 10.1. The number of hydrogen-bond acceptors (Lipinski definition) is 3. The zero-order valence-corrected chi connectivity index (χ0v) is 10.4. The van der Waals surface area contributed by atoms with Gasteiger partial charge in [0.2, 0.25) is 0 Å². The maximum atomic E-state index is 9.07. The van der Waals surface area contributed by atoms with Gasteiger partial charge in [0.1, 0.15) is 10.7 Å². The summed E-state index contributed by atoms with van der Waals surface area (Å²) >= 11 is 4.94. The Balaban J connectivity index is 2.71. The van der Waals surface area contributed by atoms with E-state index in [0.29, 0.717) is 10.2 Å². The van der Waals surface area contributed by atoms with Crippen molar-refractivity contribution in [1.82, 2.24) is 4.98 Å². The van der Waals surface area contributed by atoms with Crippen LogP contribution in [0.4, 0.5) is 0 Å². The molecule has 0 atom stereocenters. The molecule has 0 N–H and O–H groups in total. The van der Waals surface area contributed by atoms with E-state index in [1.54, 1.807) is 11.3 Å². The van der Waals surface area contributed by atoms with Crippen LogP contribution in [0.25, 0.3) is 10.4 Å². The molecule has 0 bridgehead atoms. The van der Waals surface area contributed by atoms with Crippen molar-refractivity contribution in [3.63, 3.8) is 0 Å². The summed E-state index contributed by atoms with van der Waals surface area (Å²) in [5, 5.41) is 11.1. The van der Waals surface area contributed by atoms with E-state index in [2.05, 4.69) is 27.0 Å². The molecule has 0 saturated carbocycles. The van der Waals surface area contributed by atoms with E-state index in [1.807, 2.05) is 30.5 Å². The molecule has 2 nitrogen and oxygen atoms in total. The smallest absolute Gasteiger partial charge is 0.124 e. The summed E-state index contributed by atoms with van der Waals surface area (Å²) in [6.07, 6.45) is 0. The van der Waals surface area contributed by atoms with Crippen molar-refractivity contribution in [3.05, 3.63) is 39.4 Å². The molecule has 0 saturated heterocycles. The van der Waals surface area contributed by atoms with Crippen LogP contribution in [0.2, 0.25) is 0 Å². The molecule has 0 aromatic carbocycles. The Kier molecular flexibility index (Phi) is 2.85. The molecule has 2 heterocycles. The number of halogens is 1. The first kappa shape index (κ1) is 10.3. The number of rotatable bonds is 1. The summed E-state index contributed by atoms with van der Waals surface area (Å²) < 4.78 is 0.619. The van der Waals surface area contributed by atoms with Crippen LogP contribution in [0.3, 0.4) is 0 Å². The van der Waals surface area contributed by atoms with E-state index in [-0.39, 0.29) is 0 Å². The molecule has 0 spiro atoms. The van der Waals surface area contributed by atoms with Crippen molar-refractivity contribution in [2.45, 2.75) is 6.92 Å². The van der Waals surface area contributed by atoms with Gasteiger partial charge in [-0.2, -0.15) is 5.26 Å². The molecule has 2 rings (SSSR count). The van der Waals surface area contributed by atoms with Crippen LogP contribution in [0.15, 0.2) is 28.2 Å². The molecule has 2 aromatic heterocycles. The molecule has 0 fully saturated rings. The normalized spacial score (nSPS) is 9.93. The summed E-state index contributed by atoms with van der Waals surface area (Å²) in [7, 11) is 0. The molecule has 0 unspecified atom stereocenters. The minimum atomic E-state index is 0.600. The molecule has 0 aliphatic carbocycles. The number of aromatic nitrogens is 1. The van der Waals surface area contributed by atoms with Gasteiger partial charge in [-0.1, -0.05) is 6.07 Å². The predicted octanol–water partition coefficient (Wildman–Crippen LogP) is 3.75. The fourth-order valence-electron chi connectivity index (χ4n) is 1.37. The Hall–Kier alpha value is -1.18. The van der Waals surface area contributed by atoms with E-state index in [4.69, 9.17) is 5.26 Å². The lowest BCUT2D eigenvalue weighted by molar-refractivity contribution is 1.16. The largest absolute Gasteiger partial charge is 0.245 e. The summed E-state index contributed by atoms with van der Waals surface area (Å²) in [5.41, 5.74) is 2.46. The van der Waals surface area contributed by atoms with Crippen molar-refractivity contribution in [2.75, 3.05) is 0 Å². The fraction of sp³-hybridized carbons (Fsp3) is 0.0909. The lowest BCUT2D eigenvalue weighted by Crippen LogP contribution is -1.90. The number of aryl methyl sites for hydroxylation is 1. The summed E-state index contributed by atoms with van der Waals surface area (Å²) in [5.74, 6) is 0. The van der Waals surface area contributed by atoms with Crippen molar-refractivity contribution < 1.29 is 0 Å². The van der Waals surface area contributed by atoms with Crippen LogP contribution in [-0.2, 0) is 0 Å². The number of thiophene rings is 1. The van der Waals surface area contributed by atoms with Crippen molar-refractivity contribution in [2.24, 2.45) is 0 Å². The highest BCUT2D eigenvalue weighted by molar-refractivity contribution is 9.10. The number of hydrogen-bond donors (Lipinski definition) is 0. The van der Waals surface area contributed by atoms with E-state index in [9.17, 15) is 0 Å². The van der Waals surface area contributed by atoms with Gasteiger partial charge in [-0.15, -0.1) is 11.3 Å². The Labute approximate surface area is 100 Å². The van der Waals surface area contributed by atoms with Crippen LogP contribution in [0, 0.1) is 18.3 Å². The summed E-state index contributed by atoms with van der Waals surface area (Å²) in [6.45, 7) is 1.92. The number of nitrogens with zero attached hydrogens (tertiary/aromatic N) is 2. The zero-order chi connectivity index (χ0) is 10.8. The second-order valence-electron chi connectivity index (χ2n) is 3.07. The van der Waals surface area contributed by atoms with E-state index in [1.165, 1.54) is 0 Å². The Morgan fingerprint density at radius 2 is 2.33 bits per heavy atom. The highest BCUT2D eigenvalue weighted by atomic mass is 79.9. The number of pyridine rings is 1. The average Bonchev–Trinajstić information content (AvgIpc) is 2.69. The van der Waals surface area contributed by atoms with Crippen LogP contribution >= 0.6 is 27.3 Å². The molecule has 0 aliphatic heterocycles. The first-order valence-electron chi connectivity index (χ1n) is 4.33. The minimum Gasteiger partial charge on any atom is -0.245 e. The van der Waals surface area contributed by atoms with Gasteiger partial charge in [0.15, 0.2) is 0 Å². The van der Waals surface area contributed by atoms with Crippen LogP contribution in [0.1, 0.15) is 11.3 Å². The van der Waals surface area contributed by atoms with Crippen LogP contribution < -0.4 is 0 Å². The van der Waals surface area contributed by atoms with Gasteiger partial charge in [-0.3, -0.25) is 0 Å². The standard InChI is InChI=1S/C11H7BrN2S/c1-7-5-8(10-3-2-4-15-10)9(6-13)11(12)14-7/h2-5H,1H3. The van der Waals surface area contributed by atoms with E-state index >= 15 is 0 Å². The minimum absolute atomic E-state index is 0.600. The molecule has 0 aliphatic rings. The van der Waals surface area contributed by atoms with Crippen molar-refractivity contribution in [1.29, 1.82) is 5.26 Å². The maximum absolute atomic E-state index is 9.07. The molecular weight excluding hydrogens is 272 g/mol. The quantitative estimate of drug-likeness (QED) is 0.745. The molecule has 0 amide bonds. The van der Waals surface area contributed by atoms with Gasteiger partial charge in [0.05, 0.1) is 5.56 Å². The first-order valence-corrected chi connectivity index (χ1v) is 6.00. The predicted molar refractivity (Wildman–Crippen MR) is 64.7 cm³/mol. The second-order valence-corrected chi connectivity index (χ2v) is 4.76. The van der Waals surface area contributed by atoms with Crippen LogP contribution in [-0.4, -0.2) is 4.98 Å². The molecule has 15 heavy (non-hydrogen) atoms. The first-order chi connectivity index (χ1) is 7.22. The van der Waals surface area contributed by atoms with Gasteiger partial charge in [-0.25, -0.2) is 4.98 Å². The highest BCUT2D eigenvalue weighted by Gasteiger charge is 2.11.